The second kappa shape index (κ2) is 5.22. The molecule has 0 aliphatic rings. The Bertz CT molecular complexity index is 440. The van der Waals surface area contributed by atoms with Crippen LogP contribution in [0.3, 0.4) is 0 Å². The Balaban J connectivity index is 2.88. The number of rotatable bonds is 4. The van der Waals surface area contributed by atoms with Crippen LogP contribution in [0.15, 0.2) is 24.3 Å². The first-order valence-electron chi connectivity index (χ1n) is 5.04. The molecule has 0 N–H and O–H groups in total. The van der Waals surface area contributed by atoms with Gasteiger partial charge in [0.25, 0.3) is 0 Å². The molecule has 82 valence electrons. The fourth-order valence-electron chi connectivity index (χ4n) is 1.40. The van der Waals surface area contributed by atoms with Crippen molar-refractivity contribution in [1.82, 2.24) is 0 Å². The van der Waals surface area contributed by atoms with Crippen LogP contribution in [0.5, 0.6) is 0 Å². The smallest absolute Gasteiger partial charge is 0.180 e. The quantitative estimate of drug-likeness (QED) is 0.724. The van der Waals surface area contributed by atoms with Gasteiger partial charge in [-0.1, -0.05) is 29.8 Å². The first-order chi connectivity index (χ1) is 7.54. The standard InChI is InChI=1S/C13H13NO2/c1-9-3-5-11(6-4-9)13(16)12(8-14)7-10(2)15/h3-6,12H,7H2,1-2H3. The van der Waals surface area contributed by atoms with Crippen LogP contribution in [-0.2, 0) is 4.79 Å². The summed E-state index contributed by atoms with van der Waals surface area (Å²) in [6.07, 6.45) is -0.0107. The fraction of sp³-hybridized carbons (Fsp3) is 0.308. The highest BCUT2D eigenvalue weighted by atomic mass is 16.1. The summed E-state index contributed by atoms with van der Waals surface area (Å²) < 4.78 is 0. The maximum Gasteiger partial charge on any atom is 0.180 e. The molecule has 0 saturated heterocycles. The van der Waals surface area contributed by atoms with E-state index in [4.69, 9.17) is 5.26 Å². The van der Waals surface area contributed by atoms with Crippen LogP contribution >= 0.6 is 0 Å². The Hall–Kier alpha value is -1.95. The van der Waals surface area contributed by atoms with Gasteiger partial charge in [-0.25, -0.2) is 0 Å². The van der Waals surface area contributed by atoms with Crippen molar-refractivity contribution in [2.45, 2.75) is 20.3 Å². The maximum absolute atomic E-state index is 11.8. The second-order valence-corrected chi connectivity index (χ2v) is 3.82. The molecule has 0 heterocycles. The molecule has 0 amide bonds. The van der Waals surface area contributed by atoms with Gasteiger partial charge in [0.15, 0.2) is 5.78 Å². The zero-order valence-corrected chi connectivity index (χ0v) is 9.36. The SMILES string of the molecule is CC(=O)CC(C#N)C(=O)c1ccc(C)cc1. The number of carbonyl (C=O) groups is 2. The van der Waals surface area contributed by atoms with Crippen LogP contribution in [0.4, 0.5) is 0 Å². The van der Waals surface area contributed by atoms with E-state index in [1.165, 1.54) is 6.92 Å². The third kappa shape index (κ3) is 3.03. The molecule has 3 heteroatoms. The highest BCUT2D eigenvalue weighted by Crippen LogP contribution is 2.13. The van der Waals surface area contributed by atoms with E-state index in [0.717, 1.165) is 5.56 Å². The lowest BCUT2D eigenvalue weighted by Crippen LogP contribution is -2.15. The highest BCUT2D eigenvalue weighted by molar-refractivity contribution is 6.01. The number of aryl methyl sites for hydroxylation is 1. The molecule has 0 fully saturated rings. The molecule has 1 atom stereocenters. The first-order valence-corrected chi connectivity index (χ1v) is 5.04. The van der Waals surface area contributed by atoms with Gasteiger partial charge in [-0.3, -0.25) is 9.59 Å². The van der Waals surface area contributed by atoms with Gasteiger partial charge in [0.1, 0.15) is 11.7 Å². The Kier molecular flexibility index (Phi) is 3.96. The minimum absolute atomic E-state index is 0.0107. The monoisotopic (exact) mass is 215 g/mol. The number of hydrogen-bond donors (Lipinski definition) is 0. The minimum atomic E-state index is -0.861. The zero-order chi connectivity index (χ0) is 12.1. The highest BCUT2D eigenvalue weighted by Gasteiger charge is 2.20. The molecule has 0 spiro atoms. The van der Waals surface area contributed by atoms with Gasteiger partial charge in [0.2, 0.25) is 0 Å². The third-order valence-electron chi connectivity index (χ3n) is 2.30. The van der Waals surface area contributed by atoms with Crippen molar-refractivity contribution >= 4 is 11.6 Å². The molecule has 3 nitrogen and oxygen atoms in total. The van der Waals surface area contributed by atoms with E-state index in [9.17, 15) is 9.59 Å². The Labute approximate surface area is 94.7 Å². The Morgan fingerprint density at radius 3 is 2.31 bits per heavy atom. The molecule has 0 bridgehead atoms. The number of nitriles is 1. The van der Waals surface area contributed by atoms with Crippen LogP contribution in [-0.4, -0.2) is 11.6 Å². The van der Waals surface area contributed by atoms with Gasteiger partial charge in [-0.2, -0.15) is 5.26 Å². The largest absolute Gasteiger partial charge is 0.300 e. The van der Waals surface area contributed by atoms with Gasteiger partial charge in [-0.15, -0.1) is 0 Å². The molecular weight excluding hydrogens is 202 g/mol. The van der Waals surface area contributed by atoms with Crippen molar-refractivity contribution in [2.75, 3.05) is 0 Å². The number of Topliss-reactive ketones (excluding diaryl/α,β-unsaturated/α-hetero) is 2. The van der Waals surface area contributed by atoms with Crippen molar-refractivity contribution < 1.29 is 9.59 Å². The molecule has 1 aromatic carbocycles. The van der Waals surface area contributed by atoms with E-state index in [0.29, 0.717) is 5.56 Å². The molecule has 1 unspecified atom stereocenters. The molecule has 0 saturated carbocycles. The van der Waals surface area contributed by atoms with Crippen molar-refractivity contribution in [3.63, 3.8) is 0 Å². The normalized spacial score (nSPS) is 11.6. The molecular formula is C13H13NO2. The van der Waals surface area contributed by atoms with E-state index < -0.39 is 5.92 Å². The van der Waals surface area contributed by atoms with Crippen molar-refractivity contribution in [1.29, 1.82) is 5.26 Å². The van der Waals surface area contributed by atoms with Crippen LogP contribution in [0.1, 0.15) is 29.3 Å². The van der Waals surface area contributed by atoms with Crippen LogP contribution in [0.25, 0.3) is 0 Å². The minimum Gasteiger partial charge on any atom is -0.300 e. The molecule has 1 aromatic rings. The summed E-state index contributed by atoms with van der Waals surface area (Å²) in [5, 5.41) is 8.84. The summed E-state index contributed by atoms with van der Waals surface area (Å²) >= 11 is 0. The van der Waals surface area contributed by atoms with E-state index in [1.54, 1.807) is 12.1 Å². The molecule has 0 aromatic heterocycles. The van der Waals surface area contributed by atoms with Gasteiger partial charge >= 0.3 is 0 Å². The molecule has 0 aliphatic heterocycles. The molecule has 0 aliphatic carbocycles. The summed E-state index contributed by atoms with van der Waals surface area (Å²) in [6, 6.07) is 8.87. The van der Waals surface area contributed by atoms with Gasteiger partial charge < -0.3 is 0 Å². The summed E-state index contributed by atoms with van der Waals surface area (Å²) in [4.78, 5) is 22.7. The van der Waals surface area contributed by atoms with Crippen LogP contribution in [0, 0.1) is 24.2 Å². The van der Waals surface area contributed by atoms with Crippen molar-refractivity contribution in [3.8, 4) is 6.07 Å². The lowest BCUT2D eigenvalue weighted by molar-refractivity contribution is -0.117. The van der Waals surface area contributed by atoms with E-state index >= 15 is 0 Å². The Morgan fingerprint density at radius 2 is 1.88 bits per heavy atom. The summed E-state index contributed by atoms with van der Waals surface area (Å²) in [7, 11) is 0. The van der Waals surface area contributed by atoms with Gasteiger partial charge in [-0.05, 0) is 13.8 Å². The number of carbonyl (C=O) groups excluding carboxylic acids is 2. The third-order valence-corrected chi connectivity index (χ3v) is 2.30. The second-order valence-electron chi connectivity index (χ2n) is 3.82. The van der Waals surface area contributed by atoms with Crippen molar-refractivity contribution in [3.05, 3.63) is 35.4 Å². The lowest BCUT2D eigenvalue weighted by atomic mass is 9.94. The van der Waals surface area contributed by atoms with Crippen molar-refractivity contribution in [2.24, 2.45) is 5.92 Å². The average molecular weight is 215 g/mol. The van der Waals surface area contributed by atoms with E-state index in [1.807, 2.05) is 25.1 Å². The molecule has 16 heavy (non-hydrogen) atoms. The van der Waals surface area contributed by atoms with E-state index in [2.05, 4.69) is 0 Å². The molecule has 0 radical (unpaired) electrons. The van der Waals surface area contributed by atoms with Gasteiger partial charge in [0.05, 0.1) is 6.07 Å². The Morgan fingerprint density at radius 1 is 1.31 bits per heavy atom. The average Bonchev–Trinajstić information content (AvgIpc) is 2.25. The lowest BCUT2D eigenvalue weighted by Gasteiger charge is -2.06. The summed E-state index contributed by atoms with van der Waals surface area (Å²) in [6.45, 7) is 3.30. The fourth-order valence-corrected chi connectivity index (χ4v) is 1.40. The number of benzene rings is 1. The predicted octanol–water partition coefficient (Wildman–Crippen LogP) is 2.30. The van der Waals surface area contributed by atoms with Crippen LogP contribution in [0.2, 0.25) is 0 Å². The van der Waals surface area contributed by atoms with Crippen LogP contribution < -0.4 is 0 Å². The number of nitrogens with zero attached hydrogens (tertiary/aromatic N) is 1. The predicted molar refractivity (Wildman–Crippen MR) is 59.9 cm³/mol. The topological polar surface area (TPSA) is 57.9 Å². The van der Waals surface area contributed by atoms with E-state index in [-0.39, 0.29) is 18.0 Å². The summed E-state index contributed by atoms with van der Waals surface area (Å²) in [5.41, 5.74) is 1.54. The first kappa shape index (κ1) is 12.1. The van der Waals surface area contributed by atoms with Gasteiger partial charge in [0, 0.05) is 12.0 Å². The number of hydrogen-bond acceptors (Lipinski definition) is 3. The number of ketones is 2. The molecule has 1 rings (SSSR count). The zero-order valence-electron chi connectivity index (χ0n) is 9.36. The maximum atomic E-state index is 11.8. The summed E-state index contributed by atoms with van der Waals surface area (Å²) in [5.74, 6) is -1.29.